The molecular weight excluding hydrogens is 544 g/mol. The van der Waals surface area contributed by atoms with Crippen molar-refractivity contribution in [1.82, 2.24) is 9.47 Å². The third-order valence-corrected chi connectivity index (χ3v) is 8.84. The lowest BCUT2D eigenvalue weighted by Gasteiger charge is -2.33. The summed E-state index contributed by atoms with van der Waals surface area (Å²) in [5.74, 6) is 1.93. The molecule has 212 valence electrons. The first-order chi connectivity index (χ1) is 19.3. The molecule has 0 unspecified atom stereocenters. The van der Waals surface area contributed by atoms with Gasteiger partial charge in [0.2, 0.25) is 0 Å². The molecule has 0 N–H and O–H groups in total. The van der Waals surface area contributed by atoms with Crippen molar-refractivity contribution in [3.8, 4) is 17.6 Å². The van der Waals surface area contributed by atoms with E-state index in [9.17, 15) is 14.9 Å². The minimum absolute atomic E-state index is 0.132. The molecule has 2 saturated heterocycles. The summed E-state index contributed by atoms with van der Waals surface area (Å²) < 4.78 is 13.0. The molecule has 10 heteroatoms. The fraction of sp³-hybridized carbons (Fsp3) is 0.467. The predicted octanol–water partition coefficient (Wildman–Crippen LogP) is 5.28. The van der Waals surface area contributed by atoms with Crippen molar-refractivity contribution in [3.05, 3.63) is 55.7 Å². The zero-order valence-electron chi connectivity index (χ0n) is 23.6. The molecule has 1 aromatic carbocycles. The van der Waals surface area contributed by atoms with Crippen LogP contribution in [0.1, 0.15) is 61.3 Å². The summed E-state index contributed by atoms with van der Waals surface area (Å²) in [4.78, 5) is 31.4. The SMILES string of the molecule is CCCCn1c(N2CCCCC2)c(/C=C2/SC(=S)N(CCc3ccc(OC)c(OC)c3)C2=O)c(C)c(C#N)c1=O. The fourth-order valence-corrected chi connectivity index (χ4v) is 6.51. The number of piperidine rings is 1. The highest BCUT2D eigenvalue weighted by Gasteiger charge is 2.33. The lowest BCUT2D eigenvalue weighted by Crippen LogP contribution is -2.37. The zero-order chi connectivity index (χ0) is 28.8. The summed E-state index contributed by atoms with van der Waals surface area (Å²) in [5.41, 5.74) is 2.24. The van der Waals surface area contributed by atoms with Crippen LogP contribution in [0.25, 0.3) is 6.08 Å². The summed E-state index contributed by atoms with van der Waals surface area (Å²) >= 11 is 6.89. The zero-order valence-corrected chi connectivity index (χ0v) is 25.3. The van der Waals surface area contributed by atoms with Gasteiger partial charge in [0.1, 0.15) is 21.8 Å². The molecule has 0 saturated carbocycles. The van der Waals surface area contributed by atoms with E-state index < -0.39 is 0 Å². The van der Waals surface area contributed by atoms with Gasteiger partial charge < -0.3 is 14.4 Å². The maximum atomic E-state index is 13.6. The highest BCUT2D eigenvalue weighted by atomic mass is 32.2. The molecule has 40 heavy (non-hydrogen) atoms. The van der Waals surface area contributed by atoms with E-state index in [0.717, 1.165) is 62.1 Å². The van der Waals surface area contributed by atoms with Gasteiger partial charge in [0, 0.05) is 31.7 Å². The van der Waals surface area contributed by atoms with Gasteiger partial charge in [-0.25, -0.2) is 0 Å². The summed E-state index contributed by atoms with van der Waals surface area (Å²) in [5, 5.41) is 9.90. The highest BCUT2D eigenvalue weighted by Crippen LogP contribution is 2.37. The number of unbranched alkanes of at least 4 members (excludes halogenated alkanes) is 1. The van der Waals surface area contributed by atoms with E-state index in [-0.39, 0.29) is 17.0 Å². The van der Waals surface area contributed by atoms with Crippen LogP contribution < -0.4 is 19.9 Å². The second-order valence-corrected chi connectivity index (χ2v) is 11.7. The third-order valence-electron chi connectivity index (χ3n) is 7.46. The van der Waals surface area contributed by atoms with E-state index in [1.165, 1.54) is 11.8 Å². The second-order valence-electron chi connectivity index (χ2n) is 9.98. The van der Waals surface area contributed by atoms with Gasteiger partial charge >= 0.3 is 0 Å². The number of methoxy groups -OCH3 is 2. The highest BCUT2D eigenvalue weighted by molar-refractivity contribution is 8.26. The van der Waals surface area contributed by atoms with Crippen molar-refractivity contribution in [3.63, 3.8) is 0 Å². The average Bonchev–Trinajstić information content (AvgIpc) is 3.24. The molecule has 2 fully saturated rings. The van der Waals surface area contributed by atoms with Crippen LogP contribution in [-0.4, -0.2) is 53.5 Å². The Morgan fingerprint density at radius 1 is 1.10 bits per heavy atom. The number of thiocarbonyl (C=S) groups is 1. The maximum Gasteiger partial charge on any atom is 0.270 e. The summed E-state index contributed by atoms with van der Waals surface area (Å²) in [7, 11) is 3.19. The van der Waals surface area contributed by atoms with E-state index in [1.807, 2.05) is 24.3 Å². The Balaban J connectivity index is 1.70. The van der Waals surface area contributed by atoms with Crippen molar-refractivity contribution in [2.24, 2.45) is 0 Å². The van der Waals surface area contributed by atoms with E-state index >= 15 is 0 Å². The number of hydrogen-bond acceptors (Lipinski definition) is 8. The molecule has 0 atom stereocenters. The van der Waals surface area contributed by atoms with Crippen molar-refractivity contribution in [2.45, 2.75) is 58.9 Å². The molecule has 2 aliphatic rings. The molecule has 0 bridgehead atoms. The average molecular weight is 581 g/mol. The molecule has 0 radical (unpaired) electrons. The number of rotatable bonds is 10. The van der Waals surface area contributed by atoms with E-state index in [0.29, 0.717) is 45.8 Å². The molecule has 1 amide bonds. The number of anilines is 1. The number of hydrogen-bond donors (Lipinski definition) is 0. The Labute approximate surface area is 245 Å². The van der Waals surface area contributed by atoms with Crippen molar-refractivity contribution < 1.29 is 14.3 Å². The Morgan fingerprint density at radius 2 is 1.82 bits per heavy atom. The number of thioether (sulfide) groups is 1. The Morgan fingerprint density at radius 3 is 2.48 bits per heavy atom. The number of aromatic nitrogens is 1. The summed E-state index contributed by atoms with van der Waals surface area (Å²) in [6.07, 6.45) is 7.43. The van der Waals surface area contributed by atoms with Gasteiger partial charge in [0.05, 0.1) is 19.1 Å². The van der Waals surface area contributed by atoms with Gasteiger partial charge in [-0.2, -0.15) is 5.26 Å². The van der Waals surface area contributed by atoms with Crippen LogP contribution in [0.2, 0.25) is 0 Å². The van der Waals surface area contributed by atoms with Crippen LogP contribution in [0.15, 0.2) is 27.9 Å². The summed E-state index contributed by atoms with van der Waals surface area (Å²) in [6, 6.07) is 7.84. The van der Waals surface area contributed by atoms with Gasteiger partial charge in [-0.15, -0.1) is 0 Å². The lowest BCUT2D eigenvalue weighted by molar-refractivity contribution is -0.122. The number of ether oxygens (including phenoxy) is 2. The van der Waals surface area contributed by atoms with Gasteiger partial charge in [-0.05, 0) is 68.4 Å². The van der Waals surface area contributed by atoms with Gasteiger partial charge in [-0.1, -0.05) is 43.4 Å². The number of nitriles is 1. The molecule has 1 aromatic heterocycles. The van der Waals surface area contributed by atoms with Crippen molar-refractivity contribution >= 4 is 46.1 Å². The normalized spacial score (nSPS) is 16.5. The third kappa shape index (κ3) is 6.06. The molecule has 2 aliphatic heterocycles. The first-order valence-electron chi connectivity index (χ1n) is 13.7. The van der Waals surface area contributed by atoms with Crippen LogP contribution in [0.5, 0.6) is 11.5 Å². The Bertz CT molecular complexity index is 1420. The monoisotopic (exact) mass is 580 g/mol. The van der Waals surface area contributed by atoms with Crippen LogP contribution in [0.3, 0.4) is 0 Å². The number of carbonyl (C=O) groups is 1. The maximum absolute atomic E-state index is 13.6. The molecule has 0 aliphatic carbocycles. The molecule has 4 rings (SSSR count). The van der Waals surface area contributed by atoms with Gasteiger partial charge in [0.25, 0.3) is 11.5 Å². The topological polar surface area (TPSA) is 87.8 Å². The number of carbonyl (C=O) groups excluding carboxylic acids is 1. The molecule has 2 aromatic rings. The van der Waals surface area contributed by atoms with Gasteiger partial charge in [0.15, 0.2) is 11.5 Å². The van der Waals surface area contributed by atoms with Gasteiger partial charge in [-0.3, -0.25) is 19.1 Å². The predicted molar refractivity (Wildman–Crippen MR) is 164 cm³/mol. The number of benzene rings is 1. The molecule has 8 nitrogen and oxygen atoms in total. The van der Waals surface area contributed by atoms with E-state index in [2.05, 4.69) is 17.9 Å². The lowest BCUT2D eigenvalue weighted by atomic mass is 10.0. The Kier molecular flexibility index (Phi) is 9.93. The quantitative estimate of drug-likeness (QED) is 0.277. The minimum Gasteiger partial charge on any atom is -0.493 e. The summed E-state index contributed by atoms with van der Waals surface area (Å²) in [6.45, 7) is 6.52. The number of pyridine rings is 1. The number of nitrogens with zero attached hydrogens (tertiary/aromatic N) is 4. The standard InChI is InChI=1S/C30H36N4O4S2/c1-5-6-15-33-27(32-13-8-7-9-14-32)22(20(2)23(19-31)28(33)35)18-26-29(36)34(30(39)40-26)16-12-21-10-11-24(37-3)25(17-21)38-4/h10-11,17-18H,5-9,12-16H2,1-4H3/b26-18+. The first kappa shape index (κ1) is 29.7. The van der Waals surface area contributed by atoms with Crippen LogP contribution in [0, 0.1) is 18.3 Å². The first-order valence-corrected chi connectivity index (χ1v) is 15.0. The minimum atomic E-state index is -0.256. The van der Waals surface area contributed by atoms with Crippen molar-refractivity contribution in [2.75, 3.05) is 38.8 Å². The second kappa shape index (κ2) is 13.4. The van der Waals surface area contributed by atoms with Crippen LogP contribution in [0.4, 0.5) is 5.82 Å². The van der Waals surface area contributed by atoms with Crippen LogP contribution >= 0.6 is 24.0 Å². The van der Waals surface area contributed by atoms with E-state index in [4.69, 9.17) is 21.7 Å². The van der Waals surface area contributed by atoms with Crippen LogP contribution in [-0.2, 0) is 17.8 Å². The van der Waals surface area contributed by atoms with E-state index in [1.54, 1.807) is 30.6 Å². The number of amides is 1. The molecular formula is C30H36N4O4S2. The smallest absolute Gasteiger partial charge is 0.270 e. The van der Waals surface area contributed by atoms with Crippen molar-refractivity contribution in [1.29, 1.82) is 5.26 Å². The molecule has 0 spiro atoms. The molecule has 3 heterocycles. The Hall–Kier alpha value is -3.29. The fourth-order valence-electron chi connectivity index (χ4n) is 5.22. The largest absolute Gasteiger partial charge is 0.493 e.